The topological polar surface area (TPSA) is 142 Å². The summed E-state index contributed by atoms with van der Waals surface area (Å²) in [6.07, 6.45) is 6.19. The zero-order valence-electron chi connectivity index (χ0n) is 29.4. The highest BCUT2D eigenvalue weighted by Crippen LogP contribution is 2.45. The Morgan fingerprint density at radius 3 is 2.19 bits per heavy atom. The Morgan fingerprint density at radius 1 is 0.904 bits per heavy atom. The molecule has 0 saturated carbocycles. The highest BCUT2D eigenvalue weighted by atomic mass is 79.9. The first-order chi connectivity index (χ1) is 24.7. The summed E-state index contributed by atoms with van der Waals surface area (Å²) in [4.78, 5) is 4.17. The van der Waals surface area contributed by atoms with Gasteiger partial charge in [0, 0.05) is 48.8 Å². The van der Waals surface area contributed by atoms with Crippen molar-refractivity contribution in [3.63, 3.8) is 0 Å². The van der Waals surface area contributed by atoms with E-state index in [-0.39, 0.29) is 18.6 Å². The van der Waals surface area contributed by atoms with Crippen molar-refractivity contribution in [1.29, 1.82) is 0 Å². The van der Waals surface area contributed by atoms with Gasteiger partial charge in [0.2, 0.25) is 0 Å². The molecule has 0 unspecified atom stereocenters. The Hall–Kier alpha value is -3.44. The van der Waals surface area contributed by atoms with E-state index in [0.717, 1.165) is 55.2 Å². The smallest absolute Gasteiger partial charge is 0.282 e. The van der Waals surface area contributed by atoms with Gasteiger partial charge in [-0.15, -0.1) is 0 Å². The van der Waals surface area contributed by atoms with Gasteiger partial charge in [-0.2, -0.15) is 16.8 Å². The summed E-state index contributed by atoms with van der Waals surface area (Å²) >= 11 is 10.6. The van der Waals surface area contributed by atoms with E-state index in [1.165, 1.54) is 0 Å². The number of hydrogen-bond acceptors (Lipinski definition) is 8. The third-order valence-electron chi connectivity index (χ3n) is 8.87. The molecule has 0 bridgehead atoms. The van der Waals surface area contributed by atoms with Crippen LogP contribution in [0.5, 0.6) is 5.75 Å². The van der Waals surface area contributed by atoms with Crippen LogP contribution in [0.3, 0.4) is 0 Å². The Morgan fingerprint density at radius 2 is 1.58 bits per heavy atom. The molecule has 280 valence electrons. The fourth-order valence-corrected chi connectivity index (χ4v) is 8.28. The van der Waals surface area contributed by atoms with Crippen molar-refractivity contribution >= 4 is 76.3 Å². The summed E-state index contributed by atoms with van der Waals surface area (Å²) in [7, 11) is -5.10. The summed E-state index contributed by atoms with van der Waals surface area (Å²) in [6.45, 7) is 6.25. The van der Waals surface area contributed by atoms with E-state index in [1.54, 1.807) is 14.2 Å². The van der Waals surface area contributed by atoms with E-state index in [4.69, 9.17) is 21.1 Å². The van der Waals surface area contributed by atoms with Gasteiger partial charge in [0.05, 0.1) is 54.7 Å². The molecule has 0 aliphatic carbocycles. The minimum absolute atomic E-state index is 0.175. The molecule has 2 N–H and O–H groups in total. The molecule has 0 atom stereocenters. The van der Waals surface area contributed by atoms with Crippen LogP contribution in [0, 0.1) is 0 Å². The quantitative estimate of drug-likeness (QED) is 0.0900. The molecule has 2 heterocycles. The number of halogens is 2. The number of nitrogens with zero attached hydrogens (tertiary/aromatic N) is 4. The first kappa shape index (κ1) is 39.8. The number of rotatable bonds is 16. The summed E-state index contributed by atoms with van der Waals surface area (Å²) in [6, 6.07) is 15.5. The number of aromatic nitrogens is 2. The van der Waals surface area contributed by atoms with Gasteiger partial charge < -0.3 is 19.3 Å². The molecule has 52 heavy (non-hydrogen) atoms. The van der Waals surface area contributed by atoms with Crippen molar-refractivity contribution in [3.05, 3.63) is 87.4 Å². The lowest BCUT2D eigenvalue weighted by atomic mass is 10.0. The van der Waals surface area contributed by atoms with Crippen molar-refractivity contribution in [2.45, 2.75) is 46.4 Å². The lowest BCUT2D eigenvalue weighted by Gasteiger charge is -2.24. The molecule has 0 amide bonds. The predicted molar refractivity (Wildman–Crippen MR) is 209 cm³/mol. The molecule has 5 rings (SSSR count). The number of methoxy groups -OCH3 is 2. The predicted octanol–water partition coefficient (Wildman–Crippen LogP) is 6.94. The van der Waals surface area contributed by atoms with Gasteiger partial charge in [0.15, 0.2) is 11.0 Å². The van der Waals surface area contributed by atoms with Crippen LogP contribution in [-0.4, -0.2) is 69.3 Å². The van der Waals surface area contributed by atoms with E-state index >= 15 is 0 Å². The molecule has 0 fully saturated rings. The zero-order chi connectivity index (χ0) is 37.8. The molecule has 3 aromatic carbocycles. The average molecular weight is 839 g/mol. The molecule has 0 saturated heterocycles. The van der Waals surface area contributed by atoms with E-state index < -0.39 is 26.0 Å². The third-order valence-corrected chi connectivity index (χ3v) is 11.5. The summed E-state index contributed by atoms with van der Waals surface area (Å²) in [5.41, 5.74) is 6.13. The second kappa shape index (κ2) is 16.7. The number of fused-ring (bicyclic) bond motifs is 2. The second-order valence-electron chi connectivity index (χ2n) is 12.2. The summed E-state index contributed by atoms with van der Waals surface area (Å²) in [5, 5.41) is 0.550. The van der Waals surface area contributed by atoms with Crippen molar-refractivity contribution in [1.82, 2.24) is 4.57 Å². The number of aryl methyl sites for hydroxylation is 2. The SMILES string of the molecule is CCN1/C(=C\C=C\c2n(CC)c3cc(Cl)c(-c4ccc(OC)cc4)cc3[n+]2CCCS(=O)(=O)O)N(CCCS(=O)(=O)O)c2cc(COC)c(Br)cc21. The number of hydrogen-bond donors (Lipinski definition) is 2. The number of allylic oxidation sites excluding steroid dienone is 2. The fourth-order valence-electron chi connectivity index (χ4n) is 6.58. The Kier molecular flexibility index (Phi) is 12.8. The van der Waals surface area contributed by atoms with Gasteiger partial charge in [-0.1, -0.05) is 45.7 Å². The maximum atomic E-state index is 11.7. The second-order valence-corrected chi connectivity index (χ2v) is 16.6. The maximum Gasteiger partial charge on any atom is 0.282 e. The van der Waals surface area contributed by atoms with Crippen LogP contribution in [0.1, 0.15) is 38.1 Å². The molecule has 1 aliphatic heterocycles. The van der Waals surface area contributed by atoms with Gasteiger partial charge >= 0.3 is 0 Å². The van der Waals surface area contributed by atoms with Crippen LogP contribution >= 0.6 is 27.5 Å². The van der Waals surface area contributed by atoms with Crippen molar-refractivity contribution in [3.8, 4) is 16.9 Å². The lowest BCUT2D eigenvalue weighted by molar-refractivity contribution is -0.673. The van der Waals surface area contributed by atoms with Crippen LogP contribution < -0.4 is 19.1 Å². The van der Waals surface area contributed by atoms with Crippen LogP contribution in [0.15, 0.2) is 71.0 Å². The highest BCUT2D eigenvalue weighted by molar-refractivity contribution is 9.10. The van der Waals surface area contributed by atoms with Crippen molar-refractivity contribution < 1.29 is 40.0 Å². The molecule has 16 heteroatoms. The third kappa shape index (κ3) is 9.01. The standard InChI is InChI=1S/C36H42BrClN4O8S2/c1-5-39-33-22-29(37)26(24-49-3)20-31(33)41(16-8-18-51(43,44)45)35(39)10-7-11-36-40(6-2)34-23-30(38)28(25-12-14-27(50-4)15-13-25)21-32(34)42(36)17-9-19-52(46,47)48/h7,10-15,20-23H,5-6,8-9,16-19,24H2,1-4H3,(H-,43,44,45,46,47,48)/p+1. The van der Waals surface area contributed by atoms with Crippen LogP contribution in [0.2, 0.25) is 5.02 Å². The van der Waals surface area contributed by atoms with E-state index in [0.29, 0.717) is 43.6 Å². The van der Waals surface area contributed by atoms with Gasteiger partial charge in [0.1, 0.15) is 11.6 Å². The largest absolute Gasteiger partial charge is 0.497 e. The van der Waals surface area contributed by atoms with Crippen LogP contribution in [0.4, 0.5) is 11.4 Å². The fraction of sp³-hybridized carbons (Fsp3) is 0.361. The Labute approximate surface area is 318 Å². The first-order valence-corrected chi connectivity index (χ1v) is 21.1. The minimum atomic E-state index is -4.18. The van der Waals surface area contributed by atoms with E-state index in [9.17, 15) is 25.9 Å². The molecule has 0 spiro atoms. The number of benzene rings is 3. The summed E-state index contributed by atoms with van der Waals surface area (Å²) in [5.74, 6) is 1.54. The minimum Gasteiger partial charge on any atom is -0.497 e. The zero-order valence-corrected chi connectivity index (χ0v) is 33.4. The Balaban J connectivity index is 1.63. The van der Waals surface area contributed by atoms with Crippen molar-refractivity contribution in [2.75, 3.05) is 48.6 Å². The molecular weight excluding hydrogens is 796 g/mol. The van der Waals surface area contributed by atoms with Gasteiger partial charge in [-0.05, 0) is 67.8 Å². The van der Waals surface area contributed by atoms with E-state index in [1.807, 2.05) is 90.1 Å². The molecular formula is C36H43BrClN4O8S2+. The normalized spacial score (nSPS) is 14.3. The Bertz CT molecular complexity index is 2220. The van der Waals surface area contributed by atoms with E-state index in [2.05, 4.69) is 25.4 Å². The van der Waals surface area contributed by atoms with Crippen molar-refractivity contribution in [2.24, 2.45) is 0 Å². The molecule has 1 aliphatic rings. The lowest BCUT2D eigenvalue weighted by Crippen LogP contribution is -2.37. The van der Waals surface area contributed by atoms with Gasteiger partial charge in [-0.25, -0.2) is 9.13 Å². The van der Waals surface area contributed by atoms with Crippen LogP contribution in [-0.2, 0) is 44.7 Å². The monoisotopic (exact) mass is 837 g/mol. The number of imidazole rings is 1. The summed E-state index contributed by atoms with van der Waals surface area (Å²) < 4.78 is 81.4. The van der Waals surface area contributed by atoms with Gasteiger partial charge in [-0.3, -0.25) is 9.11 Å². The highest BCUT2D eigenvalue weighted by Gasteiger charge is 2.32. The molecule has 4 aromatic rings. The number of ether oxygens (including phenoxy) is 2. The molecule has 1 aromatic heterocycles. The first-order valence-electron chi connectivity index (χ1n) is 16.7. The van der Waals surface area contributed by atoms with Gasteiger partial charge in [0.25, 0.3) is 26.1 Å². The number of anilines is 2. The molecule has 0 radical (unpaired) electrons. The maximum absolute atomic E-state index is 11.7. The molecule has 12 nitrogen and oxygen atoms in total. The van der Waals surface area contributed by atoms with Crippen LogP contribution in [0.25, 0.3) is 28.2 Å². The average Bonchev–Trinajstić information content (AvgIpc) is 3.52.